The first kappa shape index (κ1) is 17.0. The van der Waals surface area contributed by atoms with Crippen LogP contribution in [0.5, 0.6) is 0 Å². The third-order valence-electron chi connectivity index (χ3n) is 5.01. The highest BCUT2D eigenvalue weighted by atomic mass is 15.2. The topological polar surface area (TPSA) is 6.48 Å². The summed E-state index contributed by atoms with van der Waals surface area (Å²) in [6.07, 6.45) is 5.74. The van der Waals surface area contributed by atoms with Crippen molar-refractivity contribution in [1.29, 1.82) is 0 Å². The molecule has 0 aromatic carbocycles. The summed E-state index contributed by atoms with van der Waals surface area (Å²) >= 11 is 0. The summed E-state index contributed by atoms with van der Waals surface area (Å²) in [5.41, 5.74) is 0.661. The number of hydrogen-bond acceptors (Lipinski definition) is 2. The number of hydrogen-bond donors (Lipinski definition) is 0. The lowest BCUT2D eigenvalue weighted by Gasteiger charge is -2.49. The largest absolute Gasteiger partial charge is 0.301 e. The van der Waals surface area contributed by atoms with Gasteiger partial charge in [0.15, 0.2) is 0 Å². The third-order valence-corrected chi connectivity index (χ3v) is 5.01. The molecule has 19 heavy (non-hydrogen) atoms. The van der Waals surface area contributed by atoms with Gasteiger partial charge in [0, 0.05) is 18.6 Å². The Morgan fingerprint density at radius 1 is 0.737 bits per heavy atom. The second-order valence-electron chi connectivity index (χ2n) is 6.80. The van der Waals surface area contributed by atoms with Crippen LogP contribution in [-0.4, -0.2) is 48.1 Å². The van der Waals surface area contributed by atoms with Crippen LogP contribution in [0.25, 0.3) is 0 Å². The quantitative estimate of drug-likeness (QED) is 0.746. The molecule has 2 heterocycles. The average molecular weight is 268 g/mol. The van der Waals surface area contributed by atoms with Crippen LogP contribution in [0.15, 0.2) is 0 Å². The van der Waals surface area contributed by atoms with Crippen molar-refractivity contribution in [2.24, 2.45) is 5.41 Å². The Kier molecular flexibility index (Phi) is 6.82. The van der Waals surface area contributed by atoms with E-state index in [0.29, 0.717) is 5.41 Å². The maximum atomic E-state index is 2.70. The van der Waals surface area contributed by atoms with Gasteiger partial charge in [0.2, 0.25) is 0 Å². The molecule has 2 aliphatic heterocycles. The first-order valence-electron chi connectivity index (χ1n) is 8.50. The van der Waals surface area contributed by atoms with E-state index in [1.807, 2.05) is 13.8 Å². The predicted octanol–water partition coefficient (Wildman–Crippen LogP) is 4.01. The maximum absolute atomic E-state index is 2.70. The van der Waals surface area contributed by atoms with E-state index in [-0.39, 0.29) is 0 Å². The van der Waals surface area contributed by atoms with Gasteiger partial charge >= 0.3 is 0 Å². The molecule has 2 fully saturated rings. The minimum atomic E-state index is 0.661. The normalized spacial score (nSPS) is 24.6. The molecule has 2 heteroatoms. The van der Waals surface area contributed by atoms with Crippen LogP contribution in [0.2, 0.25) is 0 Å². The van der Waals surface area contributed by atoms with E-state index in [9.17, 15) is 0 Å². The zero-order valence-corrected chi connectivity index (χ0v) is 14.2. The van der Waals surface area contributed by atoms with Crippen molar-refractivity contribution in [2.45, 2.75) is 79.3 Å². The fourth-order valence-electron chi connectivity index (χ4n) is 3.61. The van der Waals surface area contributed by atoms with Crippen molar-refractivity contribution in [3.63, 3.8) is 0 Å². The molecule has 2 saturated heterocycles. The van der Waals surface area contributed by atoms with Crippen LogP contribution < -0.4 is 0 Å². The van der Waals surface area contributed by atoms with Gasteiger partial charge in [-0.15, -0.1) is 0 Å². The van der Waals surface area contributed by atoms with Crippen LogP contribution in [0.4, 0.5) is 0 Å². The molecule has 1 spiro atoms. The number of likely N-dealkylation sites (tertiary alicyclic amines) is 2. The maximum Gasteiger partial charge on any atom is 0.00416 e. The van der Waals surface area contributed by atoms with Crippen LogP contribution in [0.3, 0.4) is 0 Å². The Labute approximate surface area is 121 Å². The summed E-state index contributed by atoms with van der Waals surface area (Å²) in [6, 6.07) is 1.47. The van der Waals surface area contributed by atoms with Crippen molar-refractivity contribution in [2.75, 3.05) is 26.2 Å². The molecular weight excluding hydrogens is 232 g/mol. The second kappa shape index (κ2) is 7.64. The Bertz CT molecular complexity index is 240. The van der Waals surface area contributed by atoms with Crippen LogP contribution >= 0.6 is 0 Å². The molecule has 0 amide bonds. The Morgan fingerprint density at radius 2 is 1.26 bits per heavy atom. The molecule has 0 aromatic rings. The smallest absolute Gasteiger partial charge is 0.00416 e. The lowest BCUT2D eigenvalue weighted by Crippen LogP contribution is -2.52. The van der Waals surface area contributed by atoms with E-state index in [1.54, 1.807) is 0 Å². The molecule has 2 nitrogen and oxygen atoms in total. The third kappa shape index (κ3) is 4.46. The van der Waals surface area contributed by atoms with Crippen LogP contribution in [0.1, 0.15) is 67.2 Å². The zero-order valence-electron chi connectivity index (χ0n) is 14.2. The fourth-order valence-corrected chi connectivity index (χ4v) is 3.61. The molecule has 0 aromatic heterocycles. The van der Waals surface area contributed by atoms with Crippen LogP contribution in [-0.2, 0) is 0 Å². The molecule has 0 N–H and O–H groups in total. The average Bonchev–Trinajstić information content (AvgIpc) is 2.41. The van der Waals surface area contributed by atoms with Gasteiger partial charge in [0.1, 0.15) is 0 Å². The van der Waals surface area contributed by atoms with Crippen LogP contribution in [0, 0.1) is 5.41 Å². The Balaban J connectivity index is 0.000000861. The van der Waals surface area contributed by atoms with E-state index in [4.69, 9.17) is 0 Å². The first-order valence-corrected chi connectivity index (χ1v) is 8.50. The second-order valence-corrected chi connectivity index (χ2v) is 6.80. The molecule has 0 unspecified atom stereocenters. The molecule has 0 bridgehead atoms. The highest BCUT2D eigenvalue weighted by Crippen LogP contribution is 2.40. The van der Waals surface area contributed by atoms with Gasteiger partial charge in [0.05, 0.1) is 0 Å². The molecule has 0 atom stereocenters. The molecule has 2 rings (SSSR count). The first-order chi connectivity index (χ1) is 9.02. The molecule has 0 aliphatic carbocycles. The SMILES string of the molecule is CC.CC(C)N1CCC2(CCCN(C(C)C)C2)CC1. The standard InChI is InChI=1S/C15H30N2.C2H6/c1-13(2)16-10-7-15(8-11-16)6-5-9-17(12-15)14(3)4;1-2/h13-14H,5-12H2,1-4H3;1-2H3. The lowest BCUT2D eigenvalue weighted by atomic mass is 9.72. The Hall–Kier alpha value is -0.0800. The highest BCUT2D eigenvalue weighted by Gasteiger charge is 2.38. The lowest BCUT2D eigenvalue weighted by molar-refractivity contribution is 0.00442. The molecular formula is C17H36N2. The van der Waals surface area contributed by atoms with E-state index in [0.717, 1.165) is 12.1 Å². The predicted molar refractivity (Wildman–Crippen MR) is 85.7 cm³/mol. The zero-order chi connectivity index (χ0) is 14.5. The summed E-state index contributed by atoms with van der Waals surface area (Å²) in [7, 11) is 0. The van der Waals surface area contributed by atoms with Gasteiger partial charge in [-0.1, -0.05) is 13.8 Å². The Morgan fingerprint density at radius 3 is 1.74 bits per heavy atom. The van der Waals surface area contributed by atoms with Crippen molar-refractivity contribution in [3.8, 4) is 0 Å². The minimum absolute atomic E-state index is 0.661. The van der Waals surface area contributed by atoms with Crippen molar-refractivity contribution < 1.29 is 0 Å². The number of nitrogens with zero attached hydrogens (tertiary/aromatic N) is 2. The van der Waals surface area contributed by atoms with Crippen molar-refractivity contribution >= 4 is 0 Å². The summed E-state index contributed by atoms with van der Waals surface area (Å²) < 4.78 is 0. The van der Waals surface area contributed by atoms with E-state index in [1.165, 1.54) is 51.9 Å². The summed E-state index contributed by atoms with van der Waals surface area (Å²) in [5, 5.41) is 0. The number of rotatable bonds is 2. The summed E-state index contributed by atoms with van der Waals surface area (Å²) in [5.74, 6) is 0. The minimum Gasteiger partial charge on any atom is -0.301 e. The van der Waals surface area contributed by atoms with Gasteiger partial charge in [-0.3, -0.25) is 0 Å². The van der Waals surface area contributed by atoms with Gasteiger partial charge in [-0.2, -0.15) is 0 Å². The van der Waals surface area contributed by atoms with E-state index < -0.39 is 0 Å². The van der Waals surface area contributed by atoms with Crippen molar-refractivity contribution in [3.05, 3.63) is 0 Å². The molecule has 114 valence electrons. The fraction of sp³-hybridized carbons (Fsp3) is 1.00. The van der Waals surface area contributed by atoms with E-state index in [2.05, 4.69) is 37.5 Å². The monoisotopic (exact) mass is 268 g/mol. The summed E-state index contributed by atoms with van der Waals surface area (Å²) in [6.45, 7) is 18.7. The van der Waals surface area contributed by atoms with Gasteiger partial charge in [-0.25, -0.2) is 0 Å². The molecule has 2 aliphatic rings. The van der Waals surface area contributed by atoms with E-state index >= 15 is 0 Å². The highest BCUT2D eigenvalue weighted by molar-refractivity contribution is 4.92. The van der Waals surface area contributed by atoms with Crippen molar-refractivity contribution in [1.82, 2.24) is 9.80 Å². The number of piperidine rings is 2. The van der Waals surface area contributed by atoms with Gasteiger partial charge in [0.25, 0.3) is 0 Å². The molecule has 0 radical (unpaired) electrons. The van der Waals surface area contributed by atoms with Gasteiger partial charge in [-0.05, 0) is 78.4 Å². The molecule has 0 saturated carbocycles. The summed E-state index contributed by atoms with van der Waals surface area (Å²) in [4.78, 5) is 5.36. The van der Waals surface area contributed by atoms with Gasteiger partial charge < -0.3 is 9.80 Å².